The fraction of sp³-hybridized carbons (Fsp3) is 0.467. The third-order valence-electron chi connectivity index (χ3n) is 3.31. The zero-order valence-electron chi connectivity index (χ0n) is 12.3. The van der Waals surface area contributed by atoms with Crippen LogP contribution in [0.3, 0.4) is 0 Å². The molecule has 1 aliphatic rings. The number of benzene rings is 1. The maximum atomic E-state index is 11.8. The lowest BCUT2D eigenvalue weighted by molar-refractivity contribution is 0.0954. The number of hydrogen-bond donors (Lipinski definition) is 3. The summed E-state index contributed by atoms with van der Waals surface area (Å²) in [5.41, 5.74) is 6.33. The number of nitrogens with zero attached hydrogens (tertiary/aromatic N) is 1. The van der Waals surface area contributed by atoms with Crippen LogP contribution in [0.15, 0.2) is 29.3 Å². The first kappa shape index (κ1) is 16.6. The van der Waals surface area contributed by atoms with E-state index in [9.17, 15) is 4.79 Å². The van der Waals surface area contributed by atoms with Crippen LogP contribution < -0.4 is 16.4 Å². The highest BCUT2D eigenvalue weighted by atomic mass is 35.5. The lowest BCUT2D eigenvalue weighted by atomic mass is 10.2. The van der Waals surface area contributed by atoms with Crippen molar-refractivity contribution in [2.45, 2.75) is 18.9 Å². The van der Waals surface area contributed by atoms with Crippen molar-refractivity contribution in [2.75, 3.05) is 26.2 Å². The predicted octanol–water partition coefficient (Wildman–Crippen LogP) is 1.15. The molecular formula is C15H21ClN4O2. The number of guanidine groups is 1. The van der Waals surface area contributed by atoms with Gasteiger partial charge >= 0.3 is 0 Å². The number of halogens is 1. The van der Waals surface area contributed by atoms with E-state index in [0.29, 0.717) is 36.2 Å². The predicted molar refractivity (Wildman–Crippen MR) is 87.3 cm³/mol. The van der Waals surface area contributed by atoms with E-state index in [-0.39, 0.29) is 12.0 Å². The molecule has 1 amide bonds. The average molecular weight is 325 g/mol. The zero-order valence-corrected chi connectivity index (χ0v) is 13.1. The highest BCUT2D eigenvalue weighted by Crippen LogP contribution is 2.11. The molecule has 2 rings (SSSR count). The van der Waals surface area contributed by atoms with Crippen LogP contribution in [-0.4, -0.2) is 44.2 Å². The average Bonchev–Trinajstić information content (AvgIpc) is 3.03. The number of carbonyl (C=O) groups excluding carboxylic acids is 1. The Bertz CT molecular complexity index is 513. The lowest BCUT2D eigenvalue weighted by Crippen LogP contribution is -2.38. The summed E-state index contributed by atoms with van der Waals surface area (Å²) >= 11 is 5.78. The van der Waals surface area contributed by atoms with Gasteiger partial charge in [0.05, 0.1) is 12.6 Å². The number of amides is 1. The minimum atomic E-state index is -0.145. The van der Waals surface area contributed by atoms with E-state index in [4.69, 9.17) is 22.1 Å². The fourth-order valence-corrected chi connectivity index (χ4v) is 2.24. The van der Waals surface area contributed by atoms with E-state index < -0.39 is 0 Å². The molecule has 1 fully saturated rings. The number of aliphatic imine (C=N–C) groups is 1. The second-order valence-corrected chi connectivity index (χ2v) is 5.49. The Morgan fingerprint density at radius 2 is 2.05 bits per heavy atom. The topological polar surface area (TPSA) is 88.7 Å². The largest absolute Gasteiger partial charge is 0.376 e. The minimum absolute atomic E-state index is 0.145. The highest BCUT2D eigenvalue weighted by molar-refractivity contribution is 6.30. The summed E-state index contributed by atoms with van der Waals surface area (Å²) < 4.78 is 5.46. The van der Waals surface area contributed by atoms with Gasteiger partial charge in [0.15, 0.2) is 5.96 Å². The summed E-state index contributed by atoms with van der Waals surface area (Å²) in [6.45, 7) is 2.36. The molecule has 4 N–H and O–H groups in total. The summed E-state index contributed by atoms with van der Waals surface area (Å²) in [7, 11) is 0. The van der Waals surface area contributed by atoms with Gasteiger partial charge in [0.1, 0.15) is 0 Å². The van der Waals surface area contributed by atoms with Crippen molar-refractivity contribution in [2.24, 2.45) is 10.7 Å². The van der Waals surface area contributed by atoms with Gasteiger partial charge in [-0.15, -0.1) is 0 Å². The normalized spacial score (nSPS) is 18.2. The van der Waals surface area contributed by atoms with Crippen LogP contribution in [0.5, 0.6) is 0 Å². The van der Waals surface area contributed by atoms with E-state index in [1.807, 2.05) is 0 Å². The number of hydrogen-bond acceptors (Lipinski definition) is 3. The Balaban J connectivity index is 1.62. The molecule has 1 saturated heterocycles. The Morgan fingerprint density at radius 3 is 2.73 bits per heavy atom. The molecule has 7 heteroatoms. The van der Waals surface area contributed by atoms with Gasteiger partial charge in [-0.3, -0.25) is 9.79 Å². The Labute approximate surface area is 135 Å². The van der Waals surface area contributed by atoms with E-state index in [0.717, 1.165) is 19.4 Å². The van der Waals surface area contributed by atoms with E-state index >= 15 is 0 Å². The van der Waals surface area contributed by atoms with Crippen LogP contribution >= 0.6 is 11.6 Å². The summed E-state index contributed by atoms with van der Waals surface area (Å²) in [5, 5.41) is 6.36. The third-order valence-corrected chi connectivity index (χ3v) is 3.56. The molecule has 1 atom stereocenters. The van der Waals surface area contributed by atoms with Crippen molar-refractivity contribution in [3.63, 3.8) is 0 Å². The maximum absolute atomic E-state index is 11.8. The molecule has 1 aliphatic heterocycles. The molecule has 0 radical (unpaired) electrons. The maximum Gasteiger partial charge on any atom is 0.251 e. The number of ether oxygens (including phenoxy) is 1. The van der Waals surface area contributed by atoms with Crippen molar-refractivity contribution in [1.29, 1.82) is 0 Å². The Kier molecular flexibility index (Phi) is 6.48. The number of rotatable bonds is 6. The lowest BCUT2D eigenvalue weighted by Gasteiger charge is -2.09. The standard InChI is InChI=1S/C15H21ClN4O2/c16-12-5-3-11(4-6-12)14(21)18-7-8-19-15(17)20-10-13-2-1-9-22-13/h3-6,13H,1-2,7-10H2,(H,18,21)(H3,17,19,20). The number of nitrogens with one attached hydrogen (secondary N) is 2. The number of nitrogens with two attached hydrogens (primary N) is 1. The van der Waals surface area contributed by atoms with Crippen LogP contribution in [0.4, 0.5) is 0 Å². The van der Waals surface area contributed by atoms with E-state index in [2.05, 4.69) is 15.6 Å². The van der Waals surface area contributed by atoms with Crippen LogP contribution in [0.25, 0.3) is 0 Å². The molecule has 0 spiro atoms. The van der Waals surface area contributed by atoms with Crippen LogP contribution in [0, 0.1) is 0 Å². The van der Waals surface area contributed by atoms with Crippen LogP contribution in [0.1, 0.15) is 23.2 Å². The number of carbonyl (C=O) groups is 1. The molecular weight excluding hydrogens is 304 g/mol. The van der Waals surface area contributed by atoms with E-state index in [1.54, 1.807) is 24.3 Å². The molecule has 1 aromatic carbocycles. The first-order chi connectivity index (χ1) is 10.6. The molecule has 6 nitrogen and oxygen atoms in total. The molecule has 0 aromatic heterocycles. The van der Waals surface area contributed by atoms with Gasteiger partial charge in [-0.2, -0.15) is 0 Å². The molecule has 0 saturated carbocycles. The fourth-order valence-electron chi connectivity index (χ4n) is 2.11. The Hall–Kier alpha value is -1.79. The SMILES string of the molecule is NC(=NCC1CCCO1)NCCNC(=O)c1ccc(Cl)cc1. The van der Waals surface area contributed by atoms with Gasteiger partial charge in [0.25, 0.3) is 5.91 Å². The molecule has 1 heterocycles. The van der Waals surface area contributed by atoms with Gasteiger partial charge in [-0.1, -0.05) is 11.6 Å². The van der Waals surface area contributed by atoms with Crippen LogP contribution in [-0.2, 0) is 4.74 Å². The molecule has 1 aromatic rings. The minimum Gasteiger partial charge on any atom is -0.376 e. The molecule has 120 valence electrons. The molecule has 22 heavy (non-hydrogen) atoms. The van der Waals surface area contributed by atoms with Crippen molar-refractivity contribution >= 4 is 23.5 Å². The van der Waals surface area contributed by atoms with Gasteiger partial charge in [0, 0.05) is 30.3 Å². The van der Waals surface area contributed by atoms with Crippen molar-refractivity contribution < 1.29 is 9.53 Å². The highest BCUT2D eigenvalue weighted by Gasteiger charge is 2.14. The summed E-state index contributed by atoms with van der Waals surface area (Å²) in [4.78, 5) is 16.1. The third kappa shape index (κ3) is 5.54. The van der Waals surface area contributed by atoms with E-state index in [1.165, 1.54) is 0 Å². The van der Waals surface area contributed by atoms with Crippen molar-refractivity contribution in [3.05, 3.63) is 34.9 Å². The first-order valence-corrected chi connectivity index (χ1v) is 7.72. The second kappa shape index (κ2) is 8.60. The van der Waals surface area contributed by atoms with Gasteiger partial charge in [0.2, 0.25) is 0 Å². The first-order valence-electron chi connectivity index (χ1n) is 7.34. The summed E-state index contributed by atoms with van der Waals surface area (Å²) in [5.74, 6) is 0.226. The second-order valence-electron chi connectivity index (χ2n) is 5.05. The van der Waals surface area contributed by atoms with Gasteiger partial charge in [-0.25, -0.2) is 0 Å². The zero-order chi connectivity index (χ0) is 15.8. The smallest absolute Gasteiger partial charge is 0.251 e. The summed E-state index contributed by atoms with van der Waals surface area (Å²) in [6, 6.07) is 6.74. The quantitative estimate of drug-likeness (QED) is 0.416. The van der Waals surface area contributed by atoms with Crippen LogP contribution in [0.2, 0.25) is 5.02 Å². The van der Waals surface area contributed by atoms with Crippen molar-refractivity contribution in [3.8, 4) is 0 Å². The van der Waals surface area contributed by atoms with Crippen molar-refractivity contribution in [1.82, 2.24) is 10.6 Å². The van der Waals surface area contributed by atoms with Gasteiger partial charge < -0.3 is 21.1 Å². The molecule has 0 aliphatic carbocycles. The Morgan fingerprint density at radius 1 is 1.32 bits per heavy atom. The molecule has 1 unspecified atom stereocenters. The molecule has 0 bridgehead atoms. The monoisotopic (exact) mass is 324 g/mol. The van der Waals surface area contributed by atoms with Gasteiger partial charge in [-0.05, 0) is 37.1 Å². The summed E-state index contributed by atoms with van der Waals surface area (Å²) in [6.07, 6.45) is 2.31.